The van der Waals surface area contributed by atoms with Gasteiger partial charge in [0.1, 0.15) is 0 Å². The van der Waals surface area contributed by atoms with Crippen LogP contribution in [0.2, 0.25) is 0 Å². The SMILES string of the molecule is CCCNCC(C)C(C)N(C)C1CCCCCC1. The van der Waals surface area contributed by atoms with E-state index in [1.807, 2.05) is 0 Å². The molecule has 1 saturated carbocycles. The number of hydrogen-bond acceptors (Lipinski definition) is 2. The van der Waals surface area contributed by atoms with Crippen LogP contribution < -0.4 is 5.32 Å². The van der Waals surface area contributed by atoms with Crippen LogP contribution >= 0.6 is 0 Å². The van der Waals surface area contributed by atoms with Crippen LogP contribution in [-0.4, -0.2) is 37.1 Å². The summed E-state index contributed by atoms with van der Waals surface area (Å²) in [5.74, 6) is 0.741. The molecule has 1 aliphatic rings. The summed E-state index contributed by atoms with van der Waals surface area (Å²) >= 11 is 0. The van der Waals surface area contributed by atoms with E-state index < -0.39 is 0 Å². The summed E-state index contributed by atoms with van der Waals surface area (Å²) in [6, 6.07) is 1.52. The van der Waals surface area contributed by atoms with Gasteiger partial charge in [-0.25, -0.2) is 0 Å². The van der Waals surface area contributed by atoms with Crippen LogP contribution in [0.1, 0.15) is 65.7 Å². The van der Waals surface area contributed by atoms with Crippen LogP contribution in [0.5, 0.6) is 0 Å². The van der Waals surface area contributed by atoms with Gasteiger partial charge in [0.2, 0.25) is 0 Å². The predicted molar refractivity (Wildman–Crippen MR) is 81.0 cm³/mol. The summed E-state index contributed by atoms with van der Waals surface area (Å²) < 4.78 is 0. The Morgan fingerprint density at radius 2 is 1.72 bits per heavy atom. The maximum atomic E-state index is 3.56. The smallest absolute Gasteiger partial charge is 0.0105 e. The normalized spacial score (nSPS) is 21.8. The van der Waals surface area contributed by atoms with Crippen LogP contribution in [0, 0.1) is 5.92 Å². The number of nitrogens with one attached hydrogen (secondary N) is 1. The Balaban J connectivity index is 2.35. The van der Waals surface area contributed by atoms with Gasteiger partial charge in [-0.1, -0.05) is 39.5 Å². The van der Waals surface area contributed by atoms with Gasteiger partial charge in [-0.2, -0.15) is 0 Å². The molecule has 0 spiro atoms. The fraction of sp³-hybridized carbons (Fsp3) is 1.00. The third-order valence-electron chi connectivity index (χ3n) is 4.76. The van der Waals surface area contributed by atoms with Crippen molar-refractivity contribution >= 4 is 0 Å². The van der Waals surface area contributed by atoms with Gasteiger partial charge in [0.15, 0.2) is 0 Å². The lowest BCUT2D eigenvalue weighted by atomic mass is 9.98. The van der Waals surface area contributed by atoms with Gasteiger partial charge in [-0.15, -0.1) is 0 Å². The number of rotatable bonds is 7. The zero-order chi connectivity index (χ0) is 13.4. The number of hydrogen-bond donors (Lipinski definition) is 1. The highest BCUT2D eigenvalue weighted by molar-refractivity contribution is 4.79. The second kappa shape index (κ2) is 8.92. The van der Waals surface area contributed by atoms with Crippen molar-refractivity contribution in [3.8, 4) is 0 Å². The summed E-state index contributed by atoms with van der Waals surface area (Å²) in [5, 5.41) is 3.56. The minimum absolute atomic E-state index is 0.692. The van der Waals surface area contributed by atoms with Gasteiger partial charge in [-0.3, -0.25) is 0 Å². The van der Waals surface area contributed by atoms with Crippen molar-refractivity contribution in [3.63, 3.8) is 0 Å². The monoisotopic (exact) mass is 254 g/mol. The average molecular weight is 254 g/mol. The molecule has 1 aliphatic carbocycles. The molecule has 0 saturated heterocycles. The molecule has 2 nitrogen and oxygen atoms in total. The van der Waals surface area contributed by atoms with Crippen molar-refractivity contribution < 1.29 is 0 Å². The third-order valence-corrected chi connectivity index (χ3v) is 4.76. The van der Waals surface area contributed by atoms with E-state index in [-0.39, 0.29) is 0 Å². The van der Waals surface area contributed by atoms with E-state index in [1.54, 1.807) is 0 Å². The molecule has 0 aliphatic heterocycles. The van der Waals surface area contributed by atoms with Gasteiger partial charge in [0.25, 0.3) is 0 Å². The largest absolute Gasteiger partial charge is 0.316 e. The van der Waals surface area contributed by atoms with E-state index in [1.165, 1.54) is 44.9 Å². The van der Waals surface area contributed by atoms with E-state index in [4.69, 9.17) is 0 Å². The lowest BCUT2D eigenvalue weighted by Crippen LogP contribution is -2.44. The predicted octanol–water partition coefficient (Wildman–Crippen LogP) is 3.67. The van der Waals surface area contributed by atoms with Crippen molar-refractivity contribution in [1.82, 2.24) is 10.2 Å². The van der Waals surface area contributed by atoms with Gasteiger partial charge in [0.05, 0.1) is 0 Å². The molecule has 0 aromatic carbocycles. The lowest BCUT2D eigenvalue weighted by molar-refractivity contribution is 0.128. The first kappa shape index (κ1) is 16.0. The quantitative estimate of drug-likeness (QED) is 0.551. The van der Waals surface area contributed by atoms with Gasteiger partial charge < -0.3 is 10.2 Å². The molecule has 18 heavy (non-hydrogen) atoms. The maximum Gasteiger partial charge on any atom is 0.0105 e. The van der Waals surface area contributed by atoms with E-state index >= 15 is 0 Å². The molecule has 2 atom stereocenters. The molecular weight excluding hydrogens is 220 g/mol. The fourth-order valence-corrected chi connectivity index (χ4v) is 3.08. The summed E-state index contributed by atoms with van der Waals surface area (Å²) in [6.45, 7) is 9.35. The zero-order valence-corrected chi connectivity index (χ0v) is 13.0. The van der Waals surface area contributed by atoms with Crippen LogP contribution in [0.25, 0.3) is 0 Å². The van der Waals surface area contributed by atoms with E-state index in [9.17, 15) is 0 Å². The minimum Gasteiger partial charge on any atom is -0.316 e. The molecule has 2 unspecified atom stereocenters. The van der Waals surface area contributed by atoms with Crippen LogP contribution in [0.3, 0.4) is 0 Å². The topological polar surface area (TPSA) is 15.3 Å². The van der Waals surface area contributed by atoms with Crippen molar-refractivity contribution in [1.29, 1.82) is 0 Å². The first-order valence-electron chi connectivity index (χ1n) is 8.09. The molecular formula is C16H34N2. The highest BCUT2D eigenvalue weighted by Gasteiger charge is 2.24. The van der Waals surface area contributed by atoms with E-state index in [0.29, 0.717) is 6.04 Å². The summed E-state index contributed by atoms with van der Waals surface area (Å²) in [4.78, 5) is 2.66. The number of nitrogens with zero attached hydrogens (tertiary/aromatic N) is 1. The molecule has 1 rings (SSSR count). The van der Waals surface area contributed by atoms with Gasteiger partial charge in [-0.05, 0) is 52.2 Å². The first-order valence-corrected chi connectivity index (χ1v) is 8.09. The van der Waals surface area contributed by atoms with Crippen molar-refractivity contribution in [2.75, 3.05) is 20.1 Å². The summed E-state index contributed by atoms with van der Waals surface area (Å²) in [5.41, 5.74) is 0. The molecule has 0 aromatic heterocycles. The molecule has 1 N–H and O–H groups in total. The minimum atomic E-state index is 0.692. The van der Waals surface area contributed by atoms with Crippen molar-refractivity contribution in [2.24, 2.45) is 5.92 Å². The molecule has 0 amide bonds. The van der Waals surface area contributed by atoms with Gasteiger partial charge in [0, 0.05) is 12.1 Å². The Kier molecular flexibility index (Phi) is 7.92. The molecule has 108 valence electrons. The van der Waals surface area contributed by atoms with Crippen molar-refractivity contribution in [2.45, 2.75) is 77.8 Å². The third kappa shape index (κ3) is 5.27. The molecule has 1 fully saturated rings. The standard InChI is InChI=1S/C16H34N2/c1-5-12-17-13-14(2)15(3)18(4)16-10-8-6-7-9-11-16/h14-17H,5-13H2,1-4H3. The van der Waals surface area contributed by atoms with Crippen LogP contribution in [0.4, 0.5) is 0 Å². The summed E-state index contributed by atoms with van der Waals surface area (Å²) in [6.07, 6.45) is 9.83. The van der Waals surface area contributed by atoms with Crippen molar-refractivity contribution in [3.05, 3.63) is 0 Å². The molecule has 0 aromatic rings. The first-order chi connectivity index (χ1) is 8.66. The summed E-state index contributed by atoms with van der Waals surface area (Å²) in [7, 11) is 2.34. The Labute approximate surface area is 115 Å². The molecule has 2 heteroatoms. The van der Waals surface area contributed by atoms with Crippen LogP contribution in [-0.2, 0) is 0 Å². The zero-order valence-electron chi connectivity index (χ0n) is 13.0. The van der Waals surface area contributed by atoms with Crippen LogP contribution in [0.15, 0.2) is 0 Å². The lowest BCUT2D eigenvalue weighted by Gasteiger charge is -2.36. The fourth-order valence-electron chi connectivity index (χ4n) is 3.08. The molecule has 0 heterocycles. The highest BCUT2D eigenvalue weighted by atomic mass is 15.2. The van der Waals surface area contributed by atoms with E-state index in [0.717, 1.165) is 25.0 Å². The Morgan fingerprint density at radius 1 is 1.11 bits per heavy atom. The molecule has 0 bridgehead atoms. The second-order valence-electron chi connectivity index (χ2n) is 6.23. The Bertz CT molecular complexity index is 197. The molecule has 0 radical (unpaired) electrons. The highest BCUT2D eigenvalue weighted by Crippen LogP contribution is 2.24. The Morgan fingerprint density at radius 3 is 2.28 bits per heavy atom. The second-order valence-corrected chi connectivity index (χ2v) is 6.23. The maximum absolute atomic E-state index is 3.56. The average Bonchev–Trinajstić information content (AvgIpc) is 2.66. The van der Waals surface area contributed by atoms with E-state index in [2.05, 4.69) is 38.0 Å². The Hall–Kier alpha value is -0.0800. The van der Waals surface area contributed by atoms with Gasteiger partial charge >= 0.3 is 0 Å².